The van der Waals surface area contributed by atoms with Crippen LogP contribution in [0.5, 0.6) is 11.5 Å². The van der Waals surface area contributed by atoms with E-state index in [4.69, 9.17) is 14.2 Å². The molecule has 1 aromatic carbocycles. The van der Waals surface area contributed by atoms with Crippen molar-refractivity contribution >= 4 is 0 Å². The van der Waals surface area contributed by atoms with Gasteiger partial charge in [-0.3, -0.25) is 0 Å². The zero-order valence-electron chi connectivity index (χ0n) is 12.4. The first-order valence-corrected chi connectivity index (χ1v) is 7.54. The lowest BCUT2D eigenvalue weighted by Gasteiger charge is -2.32. The number of nitrogens with one attached hydrogen (secondary N) is 1. The Morgan fingerprint density at radius 2 is 2.05 bits per heavy atom. The minimum atomic E-state index is -0.00620. The van der Waals surface area contributed by atoms with Crippen molar-refractivity contribution in [1.82, 2.24) is 5.32 Å². The van der Waals surface area contributed by atoms with Crippen LogP contribution in [0.4, 0.5) is 0 Å². The molecule has 0 aliphatic carbocycles. The summed E-state index contributed by atoms with van der Waals surface area (Å²) in [4.78, 5) is 0. The van der Waals surface area contributed by atoms with Crippen LogP contribution in [0.1, 0.15) is 26.7 Å². The summed E-state index contributed by atoms with van der Waals surface area (Å²) in [5, 5.41) is 3.50. The Labute approximate surface area is 121 Å². The SMILES string of the molecule is CCCNC(COCCC)C1COc2ccccc2O1. The molecule has 0 fully saturated rings. The van der Waals surface area contributed by atoms with Crippen molar-refractivity contribution in [2.75, 3.05) is 26.4 Å². The molecule has 4 heteroatoms. The first-order chi connectivity index (χ1) is 9.85. The smallest absolute Gasteiger partial charge is 0.161 e. The largest absolute Gasteiger partial charge is 0.486 e. The lowest BCUT2D eigenvalue weighted by molar-refractivity contribution is 0.0205. The van der Waals surface area contributed by atoms with Gasteiger partial charge < -0.3 is 19.5 Å². The fourth-order valence-corrected chi connectivity index (χ4v) is 2.22. The van der Waals surface area contributed by atoms with Gasteiger partial charge in [0.15, 0.2) is 17.6 Å². The minimum absolute atomic E-state index is 0.00620. The molecule has 1 aliphatic heterocycles. The van der Waals surface area contributed by atoms with Crippen LogP contribution >= 0.6 is 0 Å². The molecule has 0 aromatic heterocycles. The predicted molar refractivity (Wildman–Crippen MR) is 79.5 cm³/mol. The predicted octanol–water partition coefficient (Wildman–Crippen LogP) is 2.62. The summed E-state index contributed by atoms with van der Waals surface area (Å²) < 4.78 is 17.5. The molecule has 1 N–H and O–H groups in total. The second-order valence-electron chi connectivity index (χ2n) is 5.05. The second-order valence-corrected chi connectivity index (χ2v) is 5.05. The number of para-hydroxylation sites is 2. The van der Waals surface area contributed by atoms with Gasteiger partial charge in [-0.1, -0.05) is 26.0 Å². The van der Waals surface area contributed by atoms with Crippen LogP contribution < -0.4 is 14.8 Å². The van der Waals surface area contributed by atoms with Gasteiger partial charge in [-0.25, -0.2) is 0 Å². The van der Waals surface area contributed by atoms with E-state index in [1.165, 1.54) is 0 Å². The number of hydrogen-bond acceptors (Lipinski definition) is 4. The van der Waals surface area contributed by atoms with Crippen LogP contribution in [0.15, 0.2) is 24.3 Å². The van der Waals surface area contributed by atoms with Crippen molar-refractivity contribution in [1.29, 1.82) is 0 Å². The molecular formula is C16H25NO3. The zero-order valence-corrected chi connectivity index (χ0v) is 12.4. The van der Waals surface area contributed by atoms with Crippen molar-refractivity contribution in [3.05, 3.63) is 24.3 Å². The highest BCUT2D eigenvalue weighted by Gasteiger charge is 2.28. The van der Waals surface area contributed by atoms with Gasteiger partial charge in [-0.15, -0.1) is 0 Å². The molecule has 2 atom stereocenters. The quantitative estimate of drug-likeness (QED) is 0.743. The summed E-state index contributed by atoms with van der Waals surface area (Å²) in [5.41, 5.74) is 0. The number of benzene rings is 1. The Morgan fingerprint density at radius 1 is 1.25 bits per heavy atom. The lowest BCUT2D eigenvalue weighted by atomic mass is 10.1. The Bertz CT molecular complexity index is 397. The third-order valence-electron chi connectivity index (χ3n) is 3.28. The minimum Gasteiger partial charge on any atom is -0.486 e. The average molecular weight is 279 g/mol. The van der Waals surface area contributed by atoms with Crippen molar-refractivity contribution in [2.45, 2.75) is 38.8 Å². The Hall–Kier alpha value is -1.26. The van der Waals surface area contributed by atoms with E-state index >= 15 is 0 Å². The van der Waals surface area contributed by atoms with Gasteiger partial charge in [-0.2, -0.15) is 0 Å². The molecule has 1 aromatic rings. The van der Waals surface area contributed by atoms with E-state index in [0.29, 0.717) is 13.2 Å². The van der Waals surface area contributed by atoms with Crippen LogP contribution in [0, 0.1) is 0 Å². The van der Waals surface area contributed by atoms with E-state index in [9.17, 15) is 0 Å². The molecule has 112 valence electrons. The number of rotatable bonds is 8. The van der Waals surface area contributed by atoms with E-state index in [1.807, 2.05) is 24.3 Å². The topological polar surface area (TPSA) is 39.7 Å². The molecule has 1 heterocycles. The van der Waals surface area contributed by atoms with Crippen LogP contribution in [0.2, 0.25) is 0 Å². The van der Waals surface area contributed by atoms with Crippen molar-refractivity contribution < 1.29 is 14.2 Å². The third-order valence-corrected chi connectivity index (χ3v) is 3.28. The molecule has 0 saturated carbocycles. The monoisotopic (exact) mass is 279 g/mol. The Kier molecular flexibility index (Phi) is 6.15. The highest BCUT2D eigenvalue weighted by Crippen LogP contribution is 2.31. The summed E-state index contributed by atoms with van der Waals surface area (Å²) in [6.45, 7) is 7.24. The normalized spacial score (nSPS) is 18.8. The third kappa shape index (κ3) is 4.12. The molecule has 0 spiro atoms. The van der Waals surface area contributed by atoms with E-state index < -0.39 is 0 Å². The lowest BCUT2D eigenvalue weighted by Crippen LogP contribution is -2.50. The van der Waals surface area contributed by atoms with Crippen LogP contribution in [-0.2, 0) is 4.74 Å². The number of hydrogen-bond donors (Lipinski definition) is 1. The molecule has 0 bridgehead atoms. The maximum atomic E-state index is 6.05. The summed E-state index contributed by atoms with van der Waals surface area (Å²) in [6.07, 6.45) is 2.12. The van der Waals surface area contributed by atoms with Gasteiger partial charge in [0.1, 0.15) is 6.61 Å². The van der Waals surface area contributed by atoms with E-state index in [-0.39, 0.29) is 12.1 Å². The molecule has 0 amide bonds. The first-order valence-electron chi connectivity index (χ1n) is 7.54. The summed E-state index contributed by atoms with van der Waals surface area (Å²) in [6, 6.07) is 7.97. The fraction of sp³-hybridized carbons (Fsp3) is 0.625. The number of fused-ring (bicyclic) bond motifs is 1. The summed E-state index contributed by atoms with van der Waals surface area (Å²) >= 11 is 0. The zero-order chi connectivity index (χ0) is 14.2. The van der Waals surface area contributed by atoms with Crippen molar-refractivity contribution in [3.8, 4) is 11.5 Å². The van der Waals surface area contributed by atoms with Crippen LogP contribution in [0.25, 0.3) is 0 Å². The molecule has 0 radical (unpaired) electrons. The molecule has 1 aliphatic rings. The van der Waals surface area contributed by atoms with E-state index in [0.717, 1.165) is 37.5 Å². The maximum absolute atomic E-state index is 6.05. The van der Waals surface area contributed by atoms with Crippen molar-refractivity contribution in [2.24, 2.45) is 0 Å². The van der Waals surface area contributed by atoms with Gasteiger partial charge in [0.25, 0.3) is 0 Å². The van der Waals surface area contributed by atoms with Gasteiger partial charge in [0, 0.05) is 6.61 Å². The van der Waals surface area contributed by atoms with Gasteiger partial charge in [-0.05, 0) is 31.5 Å². The van der Waals surface area contributed by atoms with Crippen LogP contribution in [-0.4, -0.2) is 38.5 Å². The average Bonchev–Trinajstić information content (AvgIpc) is 2.50. The molecule has 4 nitrogen and oxygen atoms in total. The highest BCUT2D eigenvalue weighted by atomic mass is 16.6. The highest BCUT2D eigenvalue weighted by molar-refractivity contribution is 5.40. The second kappa shape index (κ2) is 8.12. The number of ether oxygens (including phenoxy) is 3. The van der Waals surface area contributed by atoms with Gasteiger partial charge in [0.2, 0.25) is 0 Å². The molecule has 20 heavy (non-hydrogen) atoms. The maximum Gasteiger partial charge on any atom is 0.161 e. The van der Waals surface area contributed by atoms with Gasteiger partial charge >= 0.3 is 0 Å². The molecule has 2 rings (SSSR count). The summed E-state index contributed by atoms with van der Waals surface area (Å²) in [5.74, 6) is 1.65. The molecule has 0 saturated heterocycles. The Balaban J connectivity index is 1.95. The van der Waals surface area contributed by atoms with Gasteiger partial charge in [0.05, 0.1) is 12.6 Å². The molecule has 2 unspecified atom stereocenters. The standard InChI is InChI=1S/C16H25NO3/c1-3-9-17-13(11-18-10-4-2)16-12-19-14-7-5-6-8-15(14)20-16/h5-8,13,16-17H,3-4,9-12H2,1-2H3. The van der Waals surface area contributed by atoms with E-state index in [2.05, 4.69) is 19.2 Å². The fourth-order valence-electron chi connectivity index (χ4n) is 2.22. The van der Waals surface area contributed by atoms with Crippen molar-refractivity contribution in [3.63, 3.8) is 0 Å². The molecular weight excluding hydrogens is 254 g/mol. The summed E-state index contributed by atoms with van der Waals surface area (Å²) in [7, 11) is 0. The first kappa shape index (κ1) is 15.1. The Morgan fingerprint density at radius 3 is 2.80 bits per heavy atom. The van der Waals surface area contributed by atoms with Crippen LogP contribution in [0.3, 0.4) is 0 Å². The van der Waals surface area contributed by atoms with E-state index in [1.54, 1.807) is 0 Å².